The summed E-state index contributed by atoms with van der Waals surface area (Å²) in [6.07, 6.45) is 4.42. The molecule has 0 atom stereocenters. The number of aromatic nitrogens is 2. The maximum atomic E-state index is 12.2. The average Bonchev–Trinajstić information content (AvgIpc) is 3.23. The van der Waals surface area contributed by atoms with E-state index in [1.807, 2.05) is 30.5 Å². The van der Waals surface area contributed by atoms with Crippen LogP contribution in [0.1, 0.15) is 44.0 Å². The van der Waals surface area contributed by atoms with Crippen molar-refractivity contribution in [2.75, 3.05) is 18.4 Å². The van der Waals surface area contributed by atoms with Crippen LogP contribution in [-0.4, -0.2) is 45.4 Å². The number of urea groups is 1. The van der Waals surface area contributed by atoms with Crippen molar-refractivity contribution >= 4 is 23.5 Å². The molecule has 1 saturated heterocycles. The summed E-state index contributed by atoms with van der Waals surface area (Å²) in [7, 11) is 0. The predicted molar refractivity (Wildman–Crippen MR) is 105 cm³/mol. The molecule has 0 saturated carbocycles. The van der Waals surface area contributed by atoms with E-state index in [0.29, 0.717) is 18.9 Å². The Morgan fingerprint density at radius 3 is 2.86 bits per heavy atom. The van der Waals surface area contributed by atoms with Gasteiger partial charge in [-0.1, -0.05) is 26.0 Å². The van der Waals surface area contributed by atoms with Gasteiger partial charge in [-0.25, -0.2) is 9.78 Å². The van der Waals surface area contributed by atoms with Crippen molar-refractivity contribution in [2.24, 2.45) is 0 Å². The van der Waals surface area contributed by atoms with Gasteiger partial charge in [0.2, 0.25) is 11.8 Å². The third kappa shape index (κ3) is 4.76. The number of imide groups is 1. The number of amides is 4. The zero-order chi connectivity index (χ0) is 20.1. The number of nitrogens with one attached hydrogen (secondary N) is 2. The monoisotopic (exact) mass is 383 g/mol. The first kappa shape index (κ1) is 19.6. The van der Waals surface area contributed by atoms with Crippen LogP contribution in [0.3, 0.4) is 0 Å². The van der Waals surface area contributed by atoms with Gasteiger partial charge in [-0.3, -0.25) is 14.5 Å². The second kappa shape index (κ2) is 8.69. The molecule has 3 rings (SSSR count). The minimum Gasteiger partial charge on any atom is -0.330 e. The van der Waals surface area contributed by atoms with E-state index in [0.717, 1.165) is 22.0 Å². The Bertz CT molecular complexity index is 858. The standard InChI is InChI=1S/C20H25N5O3/c1-14(2)19-21-8-10-24(19)13-15-5-3-6-16(11-15)23-17(26)7-4-9-25-18(27)12-22-20(25)28/h3,5-6,8,10-11,14H,4,7,9,12-13H2,1-2H3,(H,22,28)(H,23,26). The number of carbonyl (C=O) groups excluding carboxylic acids is 3. The number of benzene rings is 1. The van der Waals surface area contributed by atoms with Crippen LogP contribution in [0.15, 0.2) is 36.7 Å². The Morgan fingerprint density at radius 1 is 1.32 bits per heavy atom. The van der Waals surface area contributed by atoms with Crippen molar-refractivity contribution in [3.05, 3.63) is 48.0 Å². The molecule has 0 aliphatic carbocycles. The highest BCUT2D eigenvalue weighted by Gasteiger charge is 2.27. The molecule has 2 heterocycles. The first-order valence-corrected chi connectivity index (χ1v) is 9.42. The summed E-state index contributed by atoms with van der Waals surface area (Å²) in [4.78, 5) is 40.7. The predicted octanol–water partition coefficient (Wildman–Crippen LogP) is 2.33. The van der Waals surface area contributed by atoms with Crippen molar-refractivity contribution in [1.29, 1.82) is 0 Å². The molecule has 0 spiro atoms. The van der Waals surface area contributed by atoms with Gasteiger partial charge in [0.05, 0.1) is 6.54 Å². The third-order valence-corrected chi connectivity index (χ3v) is 4.55. The van der Waals surface area contributed by atoms with Gasteiger partial charge in [0.15, 0.2) is 0 Å². The van der Waals surface area contributed by atoms with Crippen molar-refractivity contribution in [1.82, 2.24) is 19.8 Å². The quantitative estimate of drug-likeness (QED) is 0.684. The summed E-state index contributed by atoms with van der Waals surface area (Å²) in [5, 5.41) is 5.34. The summed E-state index contributed by atoms with van der Waals surface area (Å²) in [6.45, 7) is 5.18. The fraction of sp³-hybridized carbons (Fsp3) is 0.400. The molecule has 0 bridgehead atoms. The van der Waals surface area contributed by atoms with Crippen LogP contribution in [0.2, 0.25) is 0 Å². The maximum absolute atomic E-state index is 12.2. The van der Waals surface area contributed by atoms with Gasteiger partial charge < -0.3 is 15.2 Å². The summed E-state index contributed by atoms with van der Waals surface area (Å²) < 4.78 is 2.10. The van der Waals surface area contributed by atoms with Crippen molar-refractivity contribution in [3.63, 3.8) is 0 Å². The Balaban J connectivity index is 1.52. The van der Waals surface area contributed by atoms with E-state index in [1.54, 1.807) is 6.20 Å². The lowest BCUT2D eigenvalue weighted by Crippen LogP contribution is -2.32. The molecule has 0 radical (unpaired) electrons. The van der Waals surface area contributed by atoms with Gasteiger partial charge in [0.1, 0.15) is 5.82 Å². The van der Waals surface area contributed by atoms with Crippen molar-refractivity contribution in [2.45, 2.75) is 39.2 Å². The summed E-state index contributed by atoms with van der Waals surface area (Å²) in [5.74, 6) is 0.963. The number of rotatable bonds is 8. The lowest BCUT2D eigenvalue weighted by molar-refractivity contribution is -0.125. The van der Waals surface area contributed by atoms with Gasteiger partial charge in [0, 0.05) is 43.5 Å². The Morgan fingerprint density at radius 2 is 2.14 bits per heavy atom. The molecule has 8 heteroatoms. The molecular formula is C20H25N5O3. The number of hydrogen-bond donors (Lipinski definition) is 2. The molecule has 2 aromatic rings. The maximum Gasteiger partial charge on any atom is 0.324 e. The first-order chi connectivity index (χ1) is 13.4. The zero-order valence-electron chi connectivity index (χ0n) is 16.1. The van der Waals surface area contributed by atoms with Crippen LogP contribution in [0.5, 0.6) is 0 Å². The molecule has 8 nitrogen and oxygen atoms in total. The topological polar surface area (TPSA) is 96.3 Å². The number of imidazole rings is 1. The Labute approximate surface area is 163 Å². The van der Waals surface area contributed by atoms with E-state index in [1.165, 1.54) is 0 Å². The Kier molecular flexibility index (Phi) is 6.08. The fourth-order valence-electron chi connectivity index (χ4n) is 3.20. The Hall–Kier alpha value is -3.16. The molecule has 0 unspecified atom stereocenters. The van der Waals surface area contributed by atoms with Crippen LogP contribution in [-0.2, 0) is 16.1 Å². The molecule has 1 aliphatic heterocycles. The lowest BCUT2D eigenvalue weighted by atomic mass is 10.1. The largest absolute Gasteiger partial charge is 0.330 e. The molecule has 4 amide bonds. The molecule has 2 N–H and O–H groups in total. The van der Waals surface area contributed by atoms with Crippen molar-refractivity contribution < 1.29 is 14.4 Å². The number of hydrogen-bond acceptors (Lipinski definition) is 4. The van der Waals surface area contributed by atoms with Gasteiger partial charge in [-0.05, 0) is 24.1 Å². The number of anilines is 1. The van der Waals surface area contributed by atoms with Crippen LogP contribution in [0, 0.1) is 0 Å². The first-order valence-electron chi connectivity index (χ1n) is 9.42. The van der Waals surface area contributed by atoms with Crippen LogP contribution >= 0.6 is 0 Å². The number of carbonyl (C=O) groups is 3. The van der Waals surface area contributed by atoms with Crippen LogP contribution in [0.4, 0.5) is 10.5 Å². The minimum absolute atomic E-state index is 0.0350. The molecule has 1 aromatic heterocycles. The van der Waals surface area contributed by atoms with Gasteiger partial charge in [-0.2, -0.15) is 0 Å². The highest BCUT2D eigenvalue weighted by Crippen LogP contribution is 2.17. The van der Waals surface area contributed by atoms with Gasteiger partial charge >= 0.3 is 6.03 Å². The third-order valence-electron chi connectivity index (χ3n) is 4.55. The highest BCUT2D eigenvalue weighted by molar-refractivity contribution is 6.02. The molecule has 28 heavy (non-hydrogen) atoms. The van der Waals surface area contributed by atoms with E-state index < -0.39 is 6.03 Å². The SMILES string of the molecule is CC(C)c1nccn1Cc1cccc(NC(=O)CCCN2C(=O)CNC2=O)c1. The van der Waals surface area contributed by atoms with E-state index in [9.17, 15) is 14.4 Å². The van der Waals surface area contributed by atoms with E-state index in [-0.39, 0.29) is 31.3 Å². The number of nitrogens with zero attached hydrogens (tertiary/aromatic N) is 3. The second-order valence-electron chi connectivity index (χ2n) is 7.12. The fourth-order valence-corrected chi connectivity index (χ4v) is 3.20. The molecular weight excluding hydrogens is 358 g/mol. The molecule has 148 valence electrons. The van der Waals surface area contributed by atoms with E-state index in [4.69, 9.17) is 0 Å². The average molecular weight is 383 g/mol. The van der Waals surface area contributed by atoms with Crippen molar-refractivity contribution in [3.8, 4) is 0 Å². The van der Waals surface area contributed by atoms with E-state index >= 15 is 0 Å². The summed E-state index contributed by atoms with van der Waals surface area (Å²) in [5.41, 5.74) is 1.79. The smallest absolute Gasteiger partial charge is 0.324 e. The minimum atomic E-state index is -0.390. The molecule has 1 aliphatic rings. The van der Waals surface area contributed by atoms with Crippen LogP contribution in [0.25, 0.3) is 0 Å². The van der Waals surface area contributed by atoms with Crippen LogP contribution < -0.4 is 10.6 Å². The normalized spacial score (nSPS) is 13.9. The summed E-state index contributed by atoms with van der Waals surface area (Å²) in [6, 6.07) is 7.32. The lowest BCUT2D eigenvalue weighted by Gasteiger charge is -2.13. The summed E-state index contributed by atoms with van der Waals surface area (Å²) >= 11 is 0. The van der Waals surface area contributed by atoms with Gasteiger partial charge in [0.25, 0.3) is 0 Å². The van der Waals surface area contributed by atoms with E-state index in [2.05, 4.69) is 34.0 Å². The zero-order valence-corrected chi connectivity index (χ0v) is 16.1. The van der Waals surface area contributed by atoms with Gasteiger partial charge in [-0.15, -0.1) is 0 Å². The second-order valence-corrected chi connectivity index (χ2v) is 7.12. The molecule has 1 aromatic carbocycles. The highest BCUT2D eigenvalue weighted by atomic mass is 16.2. The molecule has 1 fully saturated rings.